The van der Waals surface area contributed by atoms with Crippen LogP contribution in [0.15, 0.2) is 30.5 Å². The second kappa shape index (κ2) is 7.90. The molecule has 0 radical (unpaired) electrons. The van der Waals surface area contributed by atoms with Crippen LogP contribution < -0.4 is 5.32 Å². The summed E-state index contributed by atoms with van der Waals surface area (Å²) in [6, 6.07) is 9.11. The number of pyridine rings is 1. The highest BCUT2D eigenvalue weighted by Crippen LogP contribution is 2.27. The van der Waals surface area contributed by atoms with Crippen LogP contribution in [0.4, 0.5) is 10.1 Å². The molecule has 0 saturated carbocycles. The van der Waals surface area contributed by atoms with Gasteiger partial charge in [0.2, 0.25) is 5.91 Å². The molecule has 2 aliphatic heterocycles. The summed E-state index contributed by atoms with van der Waals surface area (Å²) in [7, 11) is 0. The van der Waals surface area contributed by atoms with Gasteiger partial charge >= 0.3 is 0 Å². The van der Waals surface area contributed by atoms with Gasteiger partial charge in [-0.1, -0.05) is 11.6 Å². The van der Waals surface area contributed by atoms with Crippen molar-refractivity contribution in [2.75, 3.05) is 31.5 Å². The van der Waals surface area contributed by atoms with Crippen molar-refractivity contribution in [2.24, 2.45) is 0 Å². The van der Waals surface area contributed by atoms with Crippen molar-refractivity contribution in [3.8, 4) is 6.07 Å². The maximum absolute atomic E-state index is 13.6. The Hall–Kier alpha value is -2.43. The van der Waals surface area contributed by atoms with Gasteiger partial charge in [-0.05, 0) is 30.7 Å². The predicted octanol–water partition coefficient (Wildman–Crippen LogP) is 2.84. The highest BCUT2D eigenvalue weighted by molar-refractivity contribution is 6.31. The molecular formula is C20H21ClFN5O. The van der Waals surface area contributed by atoms with Crippen molar-refractivity contribution in [1.82, 2.24) is 14.8 Å². The van der Waals surface area contributed by atoms with E-state index in [1.54, 1.807) is 6.20 Å². The molecule has 2 saturated heterocycles. The van der Waals surface area contributed by atoms with E-state index in [1.165, 1.54) is 4.90 Å². The minimum atomic E-state index is -1.10. The Kier molecular flexibility index (Phi) is 5.33. The molecule has 1 N–H and O–H groups in total. The zero-order valence-corrected chi connectivity index (χ0v) is 16.1. The lowest BCUT2D eigenvalue weighted by molar-refractivity contribution is -0.132. The fraction of sp³-hybridized carbons (Fsp3) is 0.450. The SMILES string of the molecule is N#CC1C[C@H](F)CN1C(=O)CN1CC[C@@H](Nc2ccnc3ccc(Cl)cc23)C1. The third kappa shape index (κ3) is 3.89. The van der Waals surface area contributed by atoms with Crippen LogP contribution in [0.2, 0.25) is 5.02 Å². The summed E-state index contributed by atoms with van der Waals surface area (Å²) in [5.74, 6) is -0.173. The number of aromatic nitrogens is 1. The molecule has 0 spiro atoms. The summed E-state index contributed by atoms with van der Waals surface area (Å²) in [4.78, 5) is 20.3. The molecule has 4 rings (SSSR count). The molecular weight excluding hydrogens is 381 g/mol. The van der Waals surface area contributed by atoms with E-state index in [9.17, 15) is 9.18 Å². The fourth-order valence-corrected chi connectivity index (χ4v) is 4.20. The van der Waals surface area contributed by atoms with Crippen LogP contribution in [0.1, 0.15) is 12.8 Å². The van der Waals surface area contributed by atoms with Crippen LogP contribution in [0.5, 0.6) is 0 Å². The van der Waals surface area contributed by atoms with Crippen molar-refractivity contribution in [3.63, 3.8) is 0 Å². The molecule has 28 heavy (non-hydrogen) atoms. The summed E-state index contributed by atoms with van der Waals surface area (Å²) >= 11 is 6.13. The molecule has 1 amide bonds. The summed E-state index contributed by atoms with van der Waals surface area (Å²) < 4.78 is 13.6. The summed E-state index contributed by atoms with van der Waals surface area (Å²) in [5.41, 5.74) is 1.84. The number of nitriles is 1. The largest absolute Gasteiger partial charge is 0.380 e. The van der Waals surface area contributed by atoms with Crippen LogP contribution >= 0.6 is 11.6 Å². The van der Waals surface area contributed by atoms with Crippen LogP contribution in [-0.4, -0.2) is 65.1 Å². The minimum absolute atomic E-state index is 0.0241. The first-order chi connectivity index (χ1) is 13.5. The van der Waals surface area contributed by atoms with Gasteiger partial charge in [0.1, 0.15) is 12.2 Å². The third-order valence-electron chi connectivity index (χ3n) is 5.41. The summed E-state index contributed by atoms with van der Waals surface area (Å²) in [6.07, 6.45) is 1.67. The van der Waals surface area contributed by atoms with E-state index in [0.717, 1.165) is 29.6 Å². The zero-order chi connectivity index (χ0) is 19.7. The number of carbonyl (C=O) groups is 1. The van der Waals surface area contributed by atoms with Gasteiger partial charge in [0.15, 0.2) is 0 Å². The number of nitrogens with one attached hydrogen (secondary N) is 1. The average Bonchev–Trinajstić information content (AvgIpc) is 3.28. The number of likely N-dealkylation sites (tertiary alicyclic amines) is 2. The van der Waals surface area contributed by atoms with E-state index in [-0.39, 0.29) is 31.5 Å². The minimum Gasteiger partial charge on any atom is -0.380 e. The second-order valence-corrected chi connectivity index (χ2v) is 7.85. The van der Waals surface area contributed by atoms with Gasteiger partial charge in [-0.25, -0.2) is 4.39 Å². The van der Waals surface area contributed by atoms with Gasteiger partial charge in [-0.15, -0.1) is 0 Å². The van der Waals surface area contributed by atoms with Crippen molar-refractivity contribution in [2.45, 2.75) is 31.1 Å². The highest BCUT2D eigenvalue weighted by Gasteiger charge is 2.36. The number of anilines is 1. The molecule has 0 aliphatic carbocycles. The standard InChI is InChI=1S/C20H21ClFN5O/c21-13-1-2-18-17(7-13)19(3-5-24-18)25-15-4-6-26(11-15)12-20(28)27-10-14(22)8-16(27)9-23/h1-3,5,7,14-16H,4,6,8,10-12H2,(H,24,25)/t14-,15+,16?/m0/s1. The molecule has 3 atom stereocenters. The molecule has 146 valence electrons. The molecule has 2 aromatic rings. The van der Waals surface area contributed by atoms with Crippen molar-refractivity contribution >= 4 is 34.1 Å². The first-order valence-corrected chi connectivity index (χ1v) is 9.77. The van der Waals surface area contributed by atoms with Crippen molar-refractivity contribution < 1.29 is 9.18 Å². The predicted molar refractivity (Wildman–Crippen MR) is 106 cm³/mol. The molecule has 8 heteroatoms. The van der Waals surface area contributed by atoms with E-state index in [0.29, 0.717) is 11.6 Å². The third-order valence-corrected chi connectivity index (χ3v) is 5.65. The molecule has 2 fully saturated rings. The number of amides is 1. The van der Waals surface area contributed by atoms with E-state index in [2.05, 4.69) is 15.2 Å². The Labute approximate surface area is 167 Å². The fourth-order valence-electron chi connectivity index (χ4n) is 4.02. The zero-order valence-electron chi connectivity index (χ0n) is 15.3. The first kappa shape index (κ1) is 18.9. The quantitative estimate of drug-likeness (QED) is 0.852. The van der Waals surface area contributed by atoms with Crippen molar-refractivity contribution in [1.29, 1.82) is 5.26 Å². The topological polar surface area (TPSA) is 72.3 Å². The van der Waals surface area contributed by atoms with Gasteiger partial charge in [0, 0.05) is 47.8 Å². The van der Waals surface area contributed by atoms with E-state index in [1.807, 2.05) is 30.3 Å². The van der Waals surface area contributed by atoms with Crippen LogP contribution in [0.25, 0.3) is 10.9 Å². The molecule has 1 aromatic heterocycles. The molecule has 2 aliphatic rings. The molecule has 1 unspecified atom stereocenters. The number of hydrogen-bond donors (Lipinski definition) is 1. The van der Waals surface area contributed by atoms with E-state index >= 15 is 0 Å². The van der Waals surface area contributed by atoms with Crippen LogP contribution in [-0.2, 0) is 4.79 Å². The lowest BCUT2D eigenvalue weighted by atomic mass is 10.1. The van der Waals surface area contributed by atoms with Crippen LogP contribution in [0.3, 0.4) is 0 Å². The summed E-state index contributed by atoms with van der Waals surface area (Å²) in [6.45, 7) is 1.72. The molecule has 3 heterocycles. The van der Waals surface area contributed by atoms with Crippen LogP contribution in [0, 0.1) is 11.3 Å². The smallest absolute Gasteiger partial charge is 0.237 e. The van der Waals surface area contributed by atoms with Gasteiger partial charge in [0.05, 0.1) is 24.7 Å². The van der Waals surface area contributed by atoms with E-state index in [4.69, 9.17) is 16.9 Å². The highest BCUT2D eigenvalue weighted by atomic mass is 35.5. The molecule has 1 aromatic carbocycles. The Bertz CT molecular complexity index is 932. The van der Waals surface area contributed by atoms with Gasteiger partial charge in [-0.3, -0.25) is 14.7 Å². The van der Waals surface area contributed by atoms with Gasteiger partial charge in [0.25, 0.3) is 0 Å². The molecule has 6 nitrogen and oxygen atoms in total. The maximum atomic E-state index is 13.6. The Morgan fingerprint density at radius 1 is 1.39 bits per heavy atom. The number of benzene rings is 1. The number of halogens is 2. The number of carbonyl (C=O) groups excluding carboxylic acids is 1. The number of nitrogens with zero attached hydrogens (tertiary/aromatic N) is 4. The van der Waals surface area contributed by atoms with E-state index < -0.39 is 12.2 Å². The summed E-state index contributed by atoms with van der Waals surface area (Å²) in [5, 5.41) is 14.3. The van der Waals surface area contributed by atoms with Crippen molar-refractivity contribution in [3.05, 3.63) is 35.5 Å². The lowest BCUT2D eigenvalue weighted by Gasteiger charge is -2.23. The number of rotatable bonds is 4. The number of alkyl halides is 1. The maximum Gasteiger partial charge on any atom is 0.237 e. The Balaban J connectivity index is 1.38. The number of hydrogen-bond acceptors (Lipinski definition) is 5. The monoisotopic (exact) mass is 401 g/mol. The second-order valence-electron chi connectivity index (χ2n) is 7.41. The normalized spacial score (nSPS) is 25.2. The first-order valence-electron chi connectivity index (χ1n) is 9.40. The Morgan fingerprint density at radius 3 is 3.07 bits per heavy atom. The Morgan fingerprint density at radius 2 is 2.25 bits per heavy atom. The van der Waals surface area contributed by atoms with Gasteiger partial charge < -0.3 is 10.2 Å². The molecule has 0 bridgehead atoms. The number of fused-ring (bicyclic) bond motifs is 1. The lowest BCUT2D eigenvalue weighted by Crippen LogP contribution is -2.42. The van der Waals surface area contributed by atoms with Gasteiger partial charge in [-0.2, -0.15) is 5.26 Å². The average molecular weight is 402 g/mol.